The van der Waals surface area contributed by atoms with E-state index in [1.807, 2.05) is 13.8 Å². The number of carbonyl (C=O) groups is 2. The van der Waals surface area contributed by atoms with E-state index in [9.17, 15) is 9.59 Å². The maximum atomic E-state index is 12.3. The molecule has 0 aliphatic heterocycles. The first-order valence-electron chi connectivity index (χ1n) is 6.80. The van der Waals surface area contributed by atoms with Crippen LogP contribution in [0.25, 0.3) is 0 Å². The van der Waals surface area contributed by atoms with Crippen molar-refractivity contribution < 1.29 is 14.7 Å². The Morgan fingerprint density at radius 3 is 1.83 bits per heavy atom. The Morgan fingerprint density at radius 2 is 1.56 bits per heavy atom. The molecule has 0 saturated heterocycles. The lowest BCUT2D eigenvalue weighted by Gasteiger charge is -2.32. The number of hydrogen-bond donors (Lipinski definition) is 2. The lowest BCUT2D eigenvalue weighted by atomic mass is 9.89. The van der Waals surface area contributed by atoms with Crippen LogP contribution in [-0.4, -0.2) is 22.5 Å². The number of rotatable bonds is 6. The van der Waals surface area contributed by atoms with Crippen molar-refractivity contribution in [3.8, 4) is 0 Å². The van der Waals surface area contributed by atoms with Crippen molar-refractivity contribution in [2.75, 3.05) is 0 Å². The monoisotopic (exact) mass is 255 g/mol. The van der Waals surface area contributed by atoms with E-state index in [2.05, 4.69) is 26.1 Å². The molecule has 0 aromatic heterocycles. The van der Waals surface area contributed by atoms with Gasteiger partial charge in [-0.2, -0.15) is 0 Å². The highest BCUT2D eigenvalue weighted by atomic mass is 16.4. The van der Waals surface area contributed by atoms with Gasteiger partial charge in [-0.25, -0.2) is 0 Å². The molecular weight excluding hydrogens is 230 g/mol. The van der Waals surface area contributed by atoms with Crippen molar-refractivity contribution in [3.63, 3.8) is 0 Å². The van der Waals surface area contributed by atoms with E-state index in [1.165, 1.54) is 0 Å². The van der Waals surface area contributed by atoms with Gasteiger partial charge in [0.25, 0.3) is 0 Å². The average Bonchev–Trinajstić information content (AvgIpc) is 2.90. The van der Waals surface area contributed by atoms with Gasteiger partial charge in [0.2, 0.25) is 5.91 Å². The Balaban J connectivity index is 2.76. The van der Waals surface area contributed by atoms with E-state index in [4.69, 9.17) is 5.11 Å². The molecule has 2 N–H and O–H groups in total. The molecule has 0 heterocycles. The summed E-state index contributed by atoms with van der Waals surface area (Å²) in [6, 6.07) is 0. The summed E-state index contributed by atoms with van der Waals surface area (Å²) in [5.41, 5.74) is -0.602. The highest BCUT2D eigenvalue weighted by Gasteiger charge is 2.66. The molecule has 0 aromatic rings. The van der Waals surface area contributed by atoms with E-state index in [1.54, 1.807) is 0 Å². The van der Waals surface area contributed by atoms with Gasteiger partial charge < -0.3 is 10.4 Å². The van der Waals surface area contributed by atoms with Gasteiger partial charge in [-0.05, 0) is 24.7 Å². The minimum Gasteiger partial charge on any atom is -0.481 e. The predicted octanol–water partition coefficient (Wildman–Crippen LogP) is 2.43. The number of carboxylic acid groups (broad SMARTS) is 1. The molecule has 1 amide bonds. The molecule has 1 rings (SSSR count). The van der Waals surface area contributed by atoms with Crippen molar-refractivity contribution in [2.45, 2.75) is 59.4 Å². The molecule has 4 nitrogen and oxygen atoms in total. The average molecular weight is 255 g/mol. The largest absolute Gasteiger partial charge is 0.481 e. The van der Waals surface area contributed by atoms with Gasteiger partial charge in [0, 0.05) is 5.54 Å². The van der Waals surface area contributed by atoms with Crippen LogP contribution < -0.4 is 5.32 Å². The number of hydrogen-bond acceptors (Lipinski definition) is 2. The molecule has 18 heavy (non-hydrogen) atoms. The van der Waals surface area contributed by atoms with Gasteiger partial charge in [0.05, 0.1) is 11.8 Å². The van der Waals surface area contributed by atoms with Crippen molar-refractivity contribution >= 4 is 11.9 Å². The summed E-state index contributed by atoms with van der Waals surface area (Å²) < 4.78 is 0. The fourth-order valence-corrected chi connectivity index (χ4v) is 2.94. The molecule has 104 valence electrons. The van der Waals surface area contributed by atoms with Gasteiger partial charge in [0.15, 0.2) is 0 Å². The van der Waals surface area contributed by atoms with Crippen LogP contribution in [0.15, 0.2) is 0 Å². The first kappa shape index (κ1) is 15.0. The zero-order valence-electron chi connectivity index (χ0n) is 12.0. The maximum absolute atomic E-state index is 12.3. The number of nitrogens with one attached hydrogen (secondary N) is 1. The summed E-state index contributed by atoms with van der Waals surface area (Å²) in [6.07, 6.45) is 2.61. The summed E-state index contributed by atoms with van der Waals surface area (Å²) in [6.45, 7) is 9.86. The van der Waals surface area contributed by atoms with Crippen LogP contribution in [0, 0.1) is 17.3 Å². The quantitative estimate of drug-likeness (QED) is 0.766. The third kappa shape index (κ3) is 2.38. The Hall–Kier alpha value is -1.06. The second-order valence-corrected chi connectivity index (χ2v) is 5.95. The lowest BCUT2D eigenvalue weighted by molar-refractivity contribution is -0.140. The van der Waals surface area contributed by atoms with Gasteiger partial charge in [-0.3, -0.25) is 9.59 Å². The normalized spacial score (nSPS) is 25.6. The molecule has 4 heteroatoms. The SMILES string of the molecule is CCC(CC)(CC)NC(=O)C1C(C(=O)O)C1(C)C. The third-order valence-corrected chi connectivity index (χ3v) is 4.79. The van der Waals surface area contributed by atoms with Gasteiger partial charge in [-0.1, -0.05) is 34.6 Å². The van der Waals surface area contributed by atoms with Crippen molar-refractivity contribution in [1.29, 1.82) is 0 Å². The minimum absolute atomic E-state index is 0.0991. The van der Waals surface area contributed by atoms with Crippen LogP contribution in [-0.2, 0) is 9.59 Å². The number of amides is 1. The first-order chi connectivity index (χ1) is 8.25. The third-order valence-electron chi connectivity index (χ3n) is 4.79. The fraction of sp³-hybridized carbons (Fsp3) is 0.857. The molecule has 1 aliphatic carbocycles. The Morgan fingerprint density at radius 1 is 1.11 bits per heavy atom. The van der Waals surface area contributed by atoms with E-state index in [0.717, 1.165) is 19.3 Å². The molecule has 2 unspecified atom stereocenters. The fourth-order valence-electron chi connectivity index (χ4n) is 2.94. The second kappa shape index (κ2) is 4.90. The van der Waals surface area contributed by atoms with Gasteiger partial charge >= 0.3 is 5.97 Å². The zero-order chi connectivity index (χ0) is 14.1. The second-order valence-electron chi connectivity index (χ2n) is 5.95. The standard InChI is InChI=1S/C14H25NO3/c1-6-14(7-2,8-3)15-11(16)9-10(12(17)18)13(9,4)5/h9-10H,6-8H2,1-5H3,(H,15,16)(H,17,18). The predicted molar refractivity (Wildman–Crippen MR) is 70.1 cm³/mol. The Labute approximate surface area is 109 Å². The molecule has 0 spiro atoms. The molecule has 0 bridgehead atoms. The molecule has 2 atom stereocenters. The molecular formula is C14H25NO3. The van der Waals surface area contributed by atoms with Crippen molar-refractivity contribution in [2.24, 2.45) is 17.3 Å². The smallest absolute Gasteiger partial charge is 0.307 e. The molecule has 1 fully saturated rings. The lowest BCUT2D eigenvalue weighted by Crippen LogP contribution is -2.48. The van der Waals surface area contributed by atoms with Gasteiger partial charge in [0.1, 0.15) is 0 Å². The highest BCUT2D eigenvalue weighted by molar-refractivity contribution is 5.92. The van der Waals surface area contributed by atoms with Crippen LogP contribution in [0.5, 0.6) is 0 Å². The Bertz CT molecular complexity index is 337. The van der Waals surface area contributed by atoms with E-state index in [0.29, 0.717) is 0 Å². The molecule has 0 radical (unpaired) electrons. The topological polar surface area (TPSA) is 66.4 Å². The van der Waals surface area contributed by atoms with Crippen LogP contribution in [0.1, 0.15) is 53.9 Å². The maximum Gasteiger partial charge on any atom is 0.307 e. The van der Waals surface area contributed by atoms with Crippen LogP contribution >= 0.6 is 0 Å². The summed E-state index contributed by atoms with van der Waals surface area (Å²) in [7, 11) is 0. The summed E-state index contributed by atoms with van der Waals surface area (Å²) in [5, 5.41) is 12.2. The van der Waals surface area contributed by atoms with Gasteiger partial charge in [-0.15, -0.1) is 0 Å². The Kier molecular flexibility index (Phi) is 4.08. The van der Waals surface area contributed by atoms with E-state index in [-0.39, 0.29) is 17.4 Å². The van der Waals surface area contributed by atoms with Crippen molar-refractivity contribution in [3.05, 3.63) is 0 Å². The van der Waals surface area contributed by atoms with Crippen molar-refractivity contribution in [1.82, 2.24) is 5.32 Å². The van der Waals surface area contributed by atoms with Crippen LogP contribution in [0.4, 0.5) is 0 Å². The zero-order valence-corrected chi connectivity index (χ0v) is 12.0. The summed E-state index contributed by atoms with van der Waals surface area (Å²) in [5.74, 6) is -1.90. The minimum atomic E-state index is -0.866. The molecule has 1 saturated carbocycles. The molecule has 1 aliphatic rings. The first-order valence-corrected chi connectivity index (χ1v) is 6.80. The number of carboxylic acids is 1. The highest BCUT2D eigenvalue weighted by Crippen LogP contribution is 2.58. The number of carbonyl (C=O) groups excluding carboxylic acids is 1. The summed E-state index contributed by atoms with van der Waals surface area (Å²) >= 11 is 0. The number of aliphatic carboxylic acids is 1. The van der Waals surface area contributed by atoms with Crippen LogP contribution in [0.3, 0.4) is 0 Å². The van der Waals surface area contributed by atoms with Crippen LogP contribution in [0.2, 0.25) is 0 Å². The summed E-state index contributed by atoms with van der Waals surface area (Å²) in [4.78, 5) is 23.3. The van der Waals surface area contributed by atoms with E-state index < -0.39 is 17.3 Å². The van der Waals surface area contributed by atoms with E-state index >= 15 is 0 Å². The molecule has 0 aromatic carbocycles.